The zero-order chi connectivity index (χ0) is 13.2. The molecule has 0 aromatic carbocycles. The zero-order valence-electron chi connectivity index (χ0n) is 12.3. The van der Waals surface area contributed by atoms with Gasteiger partial charge in [-0.3, -0.25) is 0 Å². The van der Waals surface area contributed by atoms with Crippen molar-refractivity contribution in [3.63, 3.8) is 0 Å². The number of aliphatic hydroxyl groups is 1. The minimum atomic E-state index is -0.471. The highest BCUT2D eigenvalue weighted by atomic mass is 16.3. The fourth-order valence-electron chi connectivity index (χ4n) is 4.37. The van der Waals surface area contributed by atoms with Crippen LogP contribution in [-0.2, 0) is 0 Å². The van der Waals surface area contributed by atoms with Gasteiger partial charge in [-0.1, -0.05) is 46.0 Å². The van der Waals surface area contributed by atoms with Gasteiger partial charge in [-0.05, 0) is 37.5 Å². The van der Waals surface area contributed by atoms with Crippen LogP contribution in [-0.4, -0.2) is 17.3 Å². The topological polar surface area (TPSA) is 46.2 Å². The normalized spacial score (nSPS) is 46.0. The van der Waals surface area contributed by atoms with Crippen LogP contribution in [0.2, 0.25) is 0 Å². The number of hydrogen-bond donors (Lipinski definition) is 2. The predicted molar refractivity (Wildman–Crippen MR) is 76.3 cm³/mol. The summed E-state index contributed by atoms with van der Waals surface area (Å²) in [5, 5.41) is 11.3. The molecule has 2 atom stereocenters. The lowest BCUT2D eigenvalue weighted by Crippen LogP contribution is -2.56. The number of nitrogens with two attached hydrogens (primary N) is 1. The van der Waals surface area contributed by atoms with E-state index in [0.29, 0.717) is 12.5 Å². The van der Waals surface area contributed by atoms with E-state index in [9.17, 15) is 5.11 Å². The van der Waals surface area contributed by atoms with Crippen LogP contribution in [0.15, 0.2) is 0 Å². The molecule has 0 aliphatic heterocycles. The van der Waals surface area contributed by atoms with Gasteiger partial charge in [-0.2, -0.15) is 0 Å². The summed E-state index contributed by atoms with van der Waals surface area (Å²) in [6, 6.07) is 0. The van der Waals surface area contributed by atoms with E-state index in [1.165, 1.54) is 32.1 Å². The van der Waals surface area contributed by atoms with E-state index in [1.54, 1.807) is 0 Å². The standard InChI is InChI=1S/C16H31NO/c1-3-14-5-4-8-16(18,11-14)15(12-17)9-6-13(2)7-10-15/h13-14,18H,3-12,17H2,1-2H3. The molecule has 0 aromatic rings. The Balaban J connectivity index is 2.14. The average molecular weight is 253 g/mol. The SMILES string of the molecule is CCC1CCCC(O)(C2(CN)CCC(C)CC2)C1. The molecule has 0 aromatic heterocycles. The third kappa shape index (κ3) is 2.46. The summed E-state index contributed by atoms with van der Waals surface area (Å²) in [7, 11) is 0. The molecular formula is C16H31NO. The second-order valence-corrected chi connectivity index (χ2v) is 7.07. The lowest BCUT2D eigenvalue weighted by Gasteiger charge is -2.53. The third-order valence-corrected chi connectivity index (χ3v) is 6.02. The zero-order valence-corrected chi connectivity index (χ0v) is 12.3. The molecule has 0 heterocycles. The molecule has 2 aliphatic carbocycles. The minimum Gasteiger partial charge on any atom is -0.389 e. The lowest BCUT2D eigenvalue weighted by atomic mass is 9.56. The largest absolute Gasteiger partial charge is 0.389 e. The van der Waals surface area contributed by atoms with Crippen LogP contribution < -0.4 is 5.73 Å². The second-order valence-electron chi connectivity index (χ2n) is 7.07. The molecule has 18 heavy (non-hydrogen) atoms. The molecule has 0 amide bonds. The number of rotatable bonds is 3. The summed E-state index contributed by atoms with van der Waals surface area (Å²) in [4.78, 5) is 0. The number of hydrogen-bond acceptors (Lipinski definition) is 2. The molecule has 2 aliphatic rings. The van der Waals surface area contributed by atoms with Gasteiger partial charge in [0.15, 0.2) is 0 Å². The summed E-state index contributed by atoms with van der Waals surface area (Å²) in [6.07, 6.45) is 10.4. The third-order valence-electron chi connectivity index (χ3n) is 6.02. The fourth-order valence-corrected chi connectivity index (χ4v) is 4.37. The molecule has 2 saturated carbocycles. The average Bonchev–Trinajstić information content (AvgIpc) is 2.39. The van der Waals surface area contributed by atoms with Crippen LogP contribution in [0, 0.1) is 17.3 Å². The van der Waals surface area contributed by atoms with E-state index in [2.05, 4.69) is 13.8 Å². The van der Waals surface area contributed by atoms with E-state index in [-0.39, 0.29) is 5.41 Å². The van der Waals surface area contributed by atoms with Crippen molar-refractivity contribution in [2.45, 2.75) is 77.2 Å². The molecule has 106 valence electrons. The Kier molecular flexibility index (Phi) is 4.38. The highest BCUT2D eigenvalue weighted by Gasteiger charge is 2.51. The van der Waals surface area contributed by atoms with Gasteiger partial charge in [0, 0.05) is 12.0 Å². The smallest absolute Gasteiger partial charge is 0.0718 e. The summed E-state index contributed by atoms with van der Waals surface area (Å²) in [6.45, 7) is 5.27. The van der Waals surface area contributed by atoms with E-state index < -0.39 is 5.60 Å². The van der Waals surface area contributed by atoms with Crippen molar-refractivity contribution < 1.29 is 5.11 Å². The monoisotopic (exact) mass is 253 g/mol. The Labute approximate surface area is 112 Å². The molecule has 2 fully saturated rings. The van der Waals surface area contributed by atoms with Gasteiger partial charge < -0.3 is 10.8 Å². The first-order valence-electron chi connectivity index (χ1n) is 7.98. The Hall–Kier alpha value is -0.0800. The van der Waals surface area contributed by atoms with Gasteiger partial charge in [0.2, 0.25) is 0 Å². The predicted octanol–water partition coefficient (Wildman–Crippen LogP) is 3.47. The maximum absolute atomic E-state index is 11.3. The van der Waals surface area contributed by atoms with Crippen molar-refractivity contribution in [1.29, 1.82) is 0 Å². The van der Waals surface area contributed by atoms with Gasteiger partial charge in [0.1, 0.15) is 0 Å². The maximum atomic E-state index is 11.3. The van der Waals surface area contributed by atoms with Crippen LogP contribution in [0.5, 0.6) is 0 Å². The molecule has 0 radical (unpaired) electrons. The maximum Gasteiger partial charge on any atom is 0.0718 e. The van der Waals surface area contributed by atoms with Crippen molar-refractivity contribution in [3.05, 3.63) is 0 Å². The van der Waals surface area contributed by atoms with Crippen molar-refractivity contribution in [2.24, 2.45) is 23.0 Å². The van der Waals surface area contributed by atoms with Crippen LogP contribution in [0.1, 0.15) is 71.6 Å². The van der Waals surface area contributed by atoms with Gasteiger partial charge in [0.05, 0.1) is 5.60 Å². The lowest BCUT2D eigenvalue weighted by molar-refractivity contribution is -0.136. The van der Waals surface area contributed by atoms with Crippen LogP contribution >= 0.6 is 0 Å². The Morgan fingerprint density at radius 1 is 1.17 bits per heavy atom. The molecule has 0 bridgehead atoms. The second kappa shape index (κ2) is 5.50. The quantitative estimate of drug-likeness (QED) is 0.809. The summed E-state index contributed by atoms with van der Waals surface area (Å²) >= 11 is 0. The van der Waals surface area contributed by atoms with Crippen molar-refractivity contribution >= 4 is 0 Å². The molecule has 3 N–H and O–H groups in total. The summed E-state index contributed by atoms with van der Waals surface area (Å²) < 4.78 is 0. The molecular weight excluding hydrogens is 222 g/mol. The van der Waals surface area contributed by atoms with Crippen molar-refractivity contribution in [3.8, 4) is 0 Å². The molecule has 2 unspecified atom stereocenters. The summed E-state index contributed by atoms with van der Waals surface area (Å²) in [5.41, 5.74) is 5.68. The fraction of sp³-hybridized carbons (Fsp3) is 1.00. The van der Waals surface area contributed by atoms with Gasteiger partial charge in [-0.15, -0.1) is 0 Å². The molecule has 2 rings (SSSR count). The Bertz CT molecular complexity index is 270. The Morgan fingerprint density at radius 2 is 1.83 bits per heavy atom. The first-order chi connectivity index (χ1) is 8.55. The van der Waals surface area contributed by atoms with Crippen molar-refractivity contribution in [1.82, 2.24) is 0 Å². The first kappa shape index (κ1) is 14.3. The van der Waals surface area contributed by atoms with Crippen LogP contribution in [0.25, 0.3) is 0 Å². The molecule has 0 spiro atoms. The van der Waals surface area contributed by atoms with E-state index in [4.69, 9.17) is 5.73 Å². The minimum absolute atomic E-state index is 0.0212. The van der Waals surface area contributed by atoms with Crippen molar-refractivity contribution in [2.75, 3.05) is 6.54 Å². The van der Waals surface area contributed by atoms with Gasteiger partial charge >= 0.3 is 0 Å². The molecule has 0 saturated heterocycles. The van der Waals surface area contributed by atoms with E-state index >= 15 is 0 Å². The van der Waals surface area contributed by atoms with E-state index in [0.717, 1.165) is 31.6 Å². The summed E-state index contributed by atoms with van der Waals surface area (Å²) in [5.74, 6) is 1.53. The van der Waals surface area contributed by atoms with Gasteiger partial charge in [-0.25, -0.2) is 0 Å². The molecule has 2 heteroatoms. The van der Waals surface area contributed by atoms with Crippen LogP contribution in [0.3, 0.4) is 0 Å². The van der Waals surface area contributed by atoms with Gasteiger partial charge in [0.25, 0.3) is 0 Å². The molecule has 2 nitrogen and oxygen atoms in total. The highest BCUT2D eigenvalue weighted by molar-refractivity contribution is 5.04. The Morgan fingerprint density at radius 3 is 2.39 bits per heavy atom. The first-order valence-corrected chi connectivity index (χ1v) is 7.98. The van der Waals surface area contributed by atoms with E-state index in [1.807, 2.05) is 0 Å². The van der Waals surface area contributed by atoms with Crippen LogP contribution in [0.4, 0.5) is 0 Å². The highest BCUT2D eigenvalue weighted by Crippen LogP contribution is 2.52.